The van der Waals surface area contributed by atoms with Crippen LogP contribution < -0.4 is 9.64 Å². The fraction of sp³-hybridized carbons (Fsp3) is 0.412. The van der Waals surface area contributed by atoms with Gasteiger partial charge in [-0.05, 0) is 61.7 Å². The monoisotopic (exact) mass is 594 g/mol. The third kappa shape index (κ3) is 4.84. The number of benzene rings is 2. The molecule has 8 nitrogen and oxygen atoms in total. The molecule has 0 aliphatic carbocycles. The van der Waals surface area contributed by atoms with Crippen molar-refractivity contribution in [2.75, 3.05) is 37.7 Å². The largest absolute Gasteiger partial charge is 0.508 e. The van der Waals surface area contributed by atoms with Gasteiger partial charge in [0.1, 0.15) is 35.6 Å². The first kappa shape index (κ1) is 28.2. The van der Waals surface area contributed by atoms with Gasteiger partial charge in [-0.3, -0.25) is 9.88 Å². The lowest BCUT2D eigenvalue weighted by Crippen LogP contribution is -2.43. The number of phenolic OH excluding ortho intramolecular Hbond substituents is 1. The first-order chi connectivity index (χ1) is 21.4. The van der Waals surface area contributed by atoms with Gasteiger partial charge < -0.3 is 14.7 Å². The number of aromatic nitrogens is 3. The molecule has 0 unspecified atom stereocenters. The second-order valence-corrected chi connectivity index (χ2v) is 12.2. The van der Waals surface area contributed by atoms with Gasteiger partial charge in [0.05, 0.1) is 17.0 Å². The number of fused-ring (bicyclic) bond motifs is 3. The van der Waals surface area contributed by atoms with Gasteiger partial charge >= 0.3 is 6.01 Å². The van der Waals surface area contributed by atoms with Crippen LogP contribution in [0.3, 0.4) is 0 Å². The van der Waals surface area contributed by atoms with Crippen molar-refractivity contribution in [1.29, 1.82) is 5.26 Å². The number of nitrogens with zero attached hydrogens (tertiary/aromatic N) is 6. The number of hydrogen-bond donors (Lipinski definition) is 1. The zero-order valence-corrected chi connectivity index (χ0v) is 24.3. The zero-order valence-electron chi connectivity index (χ0n) is 24.3. The Balaban J connectivity index is 1.36. The number of anilines is 1. The number of rotatable bonds is 6. The van der Waals surface area contributed by atoms with E-state index in [0.717, 1.165) is 32.2 Å². The van der Waals surface area contributed by atoms with Gasteiger partial charge in [0.2, 0.25) is 0 Å². The number of aromatic hydroxyl groups is 1. The summed E-state index contributed by atoms with van der Waals surface area (Å²) >= 11 is 0. The molecule has 0 spiro atoms. The van der Waals surface area contributed by atoms with Crippen molar-refractivity contribution in [3.63, 3.8) is 0 Å². The van der Waals surface area contributed by atoms with Crippen LogP contribution in [0.4, 0.5) is 14.6 Å². The van der Waals surface area contributed by atoms with Crippen LogP contribution in [0.25, 0.3) is 32.9 Å². The molecule has 1 N–H and O–H groups in total. The van der Waals surface area contributed by atoms with Crippen molar-refractivity contribution >= 4 is 27.5 Å². The number of halogens is 2. The zero-order chi connectivity index (χ0) is 30.4. The van der Waals surface area contributed by atoms with Crippen LogP contribution in [0.5, 0.6) is 11.8 Å². The highest BCUT2D eigenvalue weighted by atomic mass is 19.1. The van der Waals surface area contributed by atoms with Gasteiger partial charge in [0.15, 0.2) is 5.82 Å². The Morgan fingerprint density at radius 2 is 2.07 bits per heavy atom. The first-order valence-electron chi connectivity index (χ1n) is 15.1. The minimum atomic E-state index is -0.909. The molecular weight excluding hydrogens is 562 g/mol. The van der Waals surface area contributed by atoms with Crippen molar-refractivity contribution in [2.24, 2.45) is 5.92 Å². The van der Waals surface area contributed by atoms with Crippen LogP contribution in [0.1, 0.15) is 44.1 Å². The van der Waals surface area contributed by atoms with Crippen LogP contribution in [0.2, 0.25) is 0 Å². The molecule has 0 saturated carbocycles. The summed E-state index contributed by atoms with van der Waals surface area (Å²) in [6.07, 6.45) is 10.8. The summed E-state index contributed by atoms with van der Waals surface area (Å²) in [5.41, 5.74) is 0.501. The van der Waals surface area contributed by atoms with Gasteiger partial charge in [-0.2, -0.15) is 15.2 Å². The van der Waals surface area contributed by atoms with Crippen molar-refractivity contribution < 1.29 is 18.6 Å². The number of pyridine rings is 1. The van der Waals surface area contributed by atoms with Crippen molar-refractivity contribution in [2.45, 2.75) is 50.2 Å². The highest BCUT2D eigenvalue weighted by Crippen LogP contribution is 2.42. The lowest BCUT2D eigenvalue weighted by atomic mass is 9.95. The number of hydrogen-bond acceptors (Lipinski definition) is 8. The van der Waals surface area contributed by atoms with Crippen LogP contribution in [0.15, 0.2) is 36.5 Å². The van der Waals surface area contributed by atoms with Crippen molar-refractivity contribution in [1.82, 2.24) is 19.9 Å². The van der Waals surface area contributed by atoms with Crippen LogP contribution >= 0.6 is 0 Å². The number of ether oxygens (including phenoxy) is 1. The number of nitriles is 1. The summed E-state index contributed by atoms with van der Waals surface area (Å²) in [6, 6.07) is 10.7. The standard InChI is InChI=1S/C34H32F2N6O2/c1-2-22-7-3-8-23-14-25(43)15-26(28(22)23)30-29(36)31-27(17-38-30)32(41-12-4-6-21(18-41)9-11-37)40-33(39-31)44-20-34-10-5-13-42(34)19-24(35)16-34/h1,3,7-8,14-15,17,21,24,43H,4-6,9-10,12-13,16,18-20H2/t21-,24+,34-/m0/s1. The Hall–Kier alpha value is -4.54. The summed E-state index contributed by atoms with van der Waals surface area (Å²) in [5, 5.41) is 21.5. The molecule has 3 atom stereocenters. The smallest absolute Gasteiger partial charge is 0.319 e. The molecule has 4 aromatic rings. The fourth-order valence-electron chi connectivity index (χ4n) is 7.43. The minimum Gasteiger partial charge on any atom is -0.508 e. The molecule has 3 aliphatic heterocycles. The Labute approximate surface area is 254 Å². The Morgan fingerprint density at radius 3 is 2.91 bits per heavy atom. The topological polar surface area (TPSA) is 98.4 Å². The molecule has 0 amide bonds. The number of piperidine rings is 1. The molecule has 7 rings (SSSR count). The lowest BCUT2D eigenvalue weighted by Gasteiger charge is -2.34. The van der Waals surface area contributed by atoms with E-state index in [4.69, 9.17) is 16.1 Å². The van der Waals surface area contributed by atoms with E-state index in [1.165, 1.54) is 6.07 Å². The predicted molar refractivity (Wildman–Crippen MR) is 164 cm³/mol. The third-order valence-corrected chi connectivity index (χ3v) is 9.45. The molecule has 3 aliphatic rings. The van der Waals surface area contributed by atoms with Gasteiger partial charge in [-0.15, -0.1) is 6.42 Å². The predicted octanol–water partition coefficient (Wildman–Crippen LogP) is 5.76. The van der Waals surface area contributed by atoms with E-state index in [-0.39, 0.29) is 35.5 Å². The molecule has 3 fully saturated rings. The Kier molecular flexibility index (Phi) is 7.18. The number of alkyl halides is 1. The van der Waals surface area contributed by atoms with Gasteiger partial charge in [0, 0.05) is 55.2 Å². The minimum absolute atomic E-state index is 0.00525. The number of terminal acetylenes is 1. The van der Waals surface area contributed by atoms with E-state index < -0.39 is 17.5 Å². The lowest BCUT2D eigenvalue weighted by molar-refractivity contribution is 0.107. The Bertz CT molecular complexity index is 1850. The van der Waals surface area contributed by atoms with Crippen molar-refractivity contribution in [3.05, 3.63) is 47.9 Å². The van der Waals surface area contributed by atoms with Gasteiger partial charge in [0.25, 0.3) is 0 Å². The van der Waals surface area contributed by atoms with Crippen LogP contribution in [-0.2, 0) is 0 Å². The molecule has 10 heteroatoms. The summed E-state index contributed by atoms with van der Waals surface area (Å²) in [7, 11) is 0. The molecule has 2 aromatic carbocycles. The van der Waals surface area contributed by atoms with E-state index in [1.807, 2.05) is 0 Å². The van der Waals surface area contributed by atoms with Gasteiger partial charge in [-0.25, -0.2) is 8.78 Å². The quantitative estimate of drug-likeness (QED) is 0.282. The third-order valence-electron chi connectivity index (χ3n) is 9.45. The molecular formula is C34H32F2N6O2. The fourth-order valence-corrected chi connectivity index (χ4v) is 7.43. The molecule has 224 valence electrons. The molecule has 3 saturated heterocycles. The number of phenols is 1. The maximum atomic E-state index is 16.7. The molecule has 0 radical (unpaired) electrons. The van der Waals surface area contributed by atoms with Crippen LogP contribution in [0, 0.1) is 35.4 Å². The Morgan fingerprint density at radius 1 is 1.18 bits per heavy atom. The van der Waals surface area contributed by atoms with E-state index >= 15 is 4.39 Å². The first-order valence-corrected chi connectivity index (χ1v) is 15.1. The highest BCUT2D eigenvalue weighted by Gasteiger charge is 2.49. The van der Waals surface area contributed by atoms with E-state index in [0.29, 0.717) is 65.6 Å². The summed E-state index contributed by atoms with van der Waals surface area (Å²) in [4.78, 5) is 18.1. The molecule has 2 aromatic heterocycles. The van der Waals surface area contributed by atoms with Crippen molar-refractivity contribution in [3.8, 4) is 41.4 Å². The average Bonchev–Trinajstić information content (AvgIpc) is 3.55. The normalized spacial score (nSPS) is 23.5. The van der Waals surface area contributed by atoms with Gasteiger partial charge in [-0.1, -0.05) is 18.1 Å². The van der Waals surface area contributed by atoms with Crippen LogP contribution in [-0.4, -0.2) is 69.5 Å². The molecule has 5 heterocycles. The summed E-state index contributed by atoms with van der Waals surface area (Å²) in [5.74, 6) is 2.57. The molecule has 0 bridgehead atoms. The second-order valence-electron chi connectivity index (χ2n) is 12.2. The maximum Gasteiger partial charge on any atom is 0.319 e. The molecule has 44 heavy (non-hydrogen) atoms. The van der Waals surface area contributed by atoms with E-state index in [9.17, 15) is 14.8 Å². The average molecular weight is 595 g/mol. The summed E-state index contributed by atoms with van der Waals surface area (Å²) < 4.78 is 37.4. The van der Waals surface area contributed by atoms with E-state index in [1.54, 1.807) is 30.5 Å². The van der Waals surface area contributed by atoms with E-state index in [2.05, 4.69) is 31.8 Å². The maximum absolute atomic E-state index is 16.7. The highest BCUT2D eigenvalue weighted by molar-refractivity contribution is 6.02. The SMILES string of the molecule is C#Cc1cccc2cc(O)cc(-c3ncc4c(N5CCC[C@@H](CC#N)C5)nc(OC[C@@]56CCCN5C[C@H](F)C6)nc4c3F)c12. The second kappa shape index (κ2) is 11.2. The summed E-state index contributed by atoms with van der Waals surface area (Å²) in [6.45, 7) is 2.69.